The highest BCUT2D eigenvalue weighted by Crippen LogP contribution is 2.32. The van der Waals surface area contributed by atoms with Gasteiger partial charge < -0.3 is 10.4 Å². The maximum absolute atomic E-state index is 12.2. The van der Waals surface area contributed by atoms with Crippen molar-refractivity contribution in [2.24, 2.45) is 0 Å². The summed E-state index contributed by atoms with van der Waals surface area (Å²) in [4.78, 5) is 14.1. The van der Waals surface area contributed by atoms with E-state index in [1.807, 2.05) is 24.1 Å². The first-order valence-electron chi connectivity index (χ1n) is 9.22. The fourth-order valence-electron chi connectivity index (χ4n) is 3.34. The van der Waals surface area contributed by atoms with Gasteiger partial charge in [0.2, 0.25) is 5.91 Å². The van der Waals surface area contributed by atoms with Crippen molar-refractivity contribution < 1.29 is 9.90 Å². The van der Waals surface area contributed by atoms with E-state index in [9.17, 15) is 9.90 Å². The third kappa shape index (κ3) is 5.60. The maximum Gasteiger partial charge on any atom is 0.238 e. The number of hydrogen-bond acceptors (Lipinski definition) is 3. The van der Waals surface area contributed by atoms with Crippen LogP contribution in [0.3, 0.4) is 0 Å². The Labute approximate surface area is 146 Å². The van der Waals surface area contributed by atoms with Gasteiger partial charge in [-0.3, -0.25) is 9.69 Å². The summed E-state index contributed by atoms with van der Waals surface area (Å²) in [7, 11) is 1.93. The second-order valence-electron chi connectivity index (χ2n) is 7.40. The molecule has 4 heteroatoms. The third-order valence-electron chi connectivity index (χ3n) is 5.28. The molecule has 1 aromatic carbocycles. The van der Waals surface area contributed by atoms with Crippen LogP contribution in [0.5, 0.6) is 0 Å². The standard InChI is InChI=1S/C20H32N2O2/c1-4-16(2)17-7-9-18(10-8-17)21-19(23)15-22(3)14-13-20(24)11-5-6-12-20/h7-10,16,24H,4-6,11-15H2,1-3H3,(H,21,23). The fourth-order valence-corrected chi connectivity index (χ4v) is 3.34. The molecule has 0 aromatic heterocycles. The number of nitrogens with one attached hydrogen (secondary N) is 1. The number of aliphatic hydroxyl groups is 1. The summed E-state index contributed by atoms with van der Waals surface area (Å²) in [5.74, 6) is 0.537. The summed E-state index contributed by atoms with van der Waals surface area (Å²) in [6.07, 6.45) is 5.90. The topological polar surface area (TPSA) is 52.6 Å². The first-order valence-corrected chi connectivity index (χ1v) is 9.22. The number of carbonyl (C=O) groups excluding carboxylic acids is 1. The van der Waals surface area contributed by atoms with E-state index in [0.29, 0.717) is 12.5 Å². The van der Waals surface area contributed by atoms with Gasteiger partial charge in [-0.05, 0) is 56.3 Å². The van der Waals surface area contributed by atoms with Crippen LogP contribution in [-0.4, -0.2) is 41.7 Å². The third-order valence-corrected chi connectivity index (χ3v) is 5.28. The van der Waals surface area contributed by atoms with Crippen LogP contribution < -0.4 is 5.32 Å². The van der Waals surface area contributed by atoms with Crippen molar-refractivity contribution >= 4 is 11.6 Å². The minimum Gasteiger partial charge on any atom is -0.390 e. The molecule has 1 atom stereocenters. The minimum atomic E-state index is -0.503. The summed E-state index contributed by atoms with van der Waals surface area (Å²) >= 11 is 0. The largest absolute Gasteiger partial charge is 0.390 e. The van der Waals surface area contributed by atoms with Crippen LogP contribution in [0.4, 0.5) is 5.69 Å². The normalized spacial score (nSPS) is 17.9. The molecule has 0 heterocycles. The van der Waals surface area contributed by atoms with E-state index in [4.69, 9.17) is 0 Å². The van der Waals surface area contributed by atoms with Gasteiger partial charge in [-0.2, -0.15) is 0 Å². The van der Waals surface area contributed by atoms with E-state index in [-0.39, 0.29) is 5.91 Å². The lowest BCUT2D eigenvalue weighted by Crippen LogP contribution is -2.35. The summed E-state index contributed by atoms with van der Waals surface area (Å²) in [6, 6.07) is 8.12. The molecule has 4 nitrogen and oxygen atoms in total. The van der Waals surface area contributed by atoms with Crippen molar-refractivity contribution in [1.29, 1.82) is 0 Å². The van der Waals surface area contributed by atoms with E-state index < -0.39 is 5.60 Å². The van der Waals surface area contributed by atoms with E-state index in [1.54, 1.807) is 0 Å². The molecule has 0 aliphatic heterocycles. The molecule has 2 rings (SSSR count). The van der Waals surface area contributed by atoms with Crippen molar-refractivity contribution in [1.82, 2.24) is 4.90 Å². The van der Waals surface area contributed by atoms with Crippen molar-refractivity contribution in [2.75, 3.05) is 25.5 Å². The van der Waals surface area contributed by atoms with Crippen LogP contribution in [0.2, 0.25) is 0 Å². The molecule has 0 spiro atoms. The molecular formula is C20H32N2O2. The zero-order valence-corrected chi connectivity index (χ0v) is 15.3. The van der Waals surface area contributed by atoms with Gasteiger partial charge in [0.1, 0.15) is 0 Å². The number of benzene rings is 1. The zero-order valence-electron chi connectivity index (χ0n) is 15.3. The van der Waals surface area contributed by atoms with Crippen LogP contribution >= 0.6 is 0 Å². The second-order valence-corrected chi connectivity index (χ2v) is 7.40. The molecule has 1 aliphatic rings. The van der Waals surface area contributed by atoms with Crippen molar-refractivity contribution in [3.8, 4) is 0 Å². The Hall–Kier alpha value is -1.39. The fraction of sp³-hybridized carbons (Fsp3) is 0.650. The van der Waals surface area contributed by atoms with Crippen molar-refractivity contribution in [3.63, 3.8) is 0 Å². The van der Waals surface area contributed by atoms with E-state index in [2.05, 4.69) is 31.3 Å². The van der Waals surface area contributed by atoms with Crippen molar-refractivity contribution in [3.05, 3.63) is 29.8 Å². The molecule has 1 aromatic rings. The van der Waals surface area contributed by atoms with Gasteiger partial charge >= 0.3 is 0 Å². The first kappa shape index (κ1) is 18.9. The lowest BCUT2D eigenvalue weighted by molar-refractivity contribution is -0.117. The van der Waals surface area contributed by atoms with Crippen LogP contribution in [0.1, 0.15) is 63.9 Å². The van der Waals surface area contributed by atoms with Crippen LogP contribution in [-0.2, 0) is 4.79 Å². The van der Waals surface area contributed by atoms with Gasteiger partial charge in [0.15, 0.2) is 0 Å². The average molecular weight is 332 g/mol. The Morgan fingerprint density at radius 1 is 1.29 bits per heavy atom. The highest BCUT2D eigenvalue weighted by atomic mass is 16.3. The van der Waals surface area contributed by atoms with Gasteiger partial charge in [-0.25, -0.2) is 0 Å². The Bertz CT molecular complexity index is 521. The number of anilines is 1. The average Bonchev–Trinajstić information content (AvgIpc) is 3.00. The van der Waals surface area contributed by atoms with Crippen LogP contribution in [0.15, 0.2) is 24.3 Å². The molecule has 24 heavy (non-hydrogen) atoms. The van der Waals surface area contributed by atoms with Gasteiger partial charge in [0.05, 0.1) is 12.1 Å². The Balaban J connectivity index is 1.75. The zero-order chi connectivity index (χ0) is 17.6. The molecule has 1 aliphatic carbocycles. The highest BCUT2D eigenvalue weighted by molar-refractivity contribution is 5.92. The molecule has 1 unspecified atom stereocenters. The van der Waals surface area contributed by atoms with E-state index >= 15 is 0 Å². The lowest BCUT2D eigenvalue weighted by Gasteiger charge is -2.25. The minimum absolute atomic E-state index is 0.00722. The van der Waals surface area contributed by atoms with E-state index in [1.165, 1.54) is 5.56 Å². The Morgan fingerprint density at radius 3 is 2.50 bits per heavy atom. The molecule has 2 N–H and O–H groups in total. The van der Waals surface area contributed by atoms with Gasteiger partial charge in [0, 0.05) is 12.2 Å². The molecule has 1 amide bonds. The molecule has 1 saturated carbocycles. The maximum atomic E-state index is 12.2. The number of amides is 1. The smallest absolute Gasteiger partial charge is 0.238 e. The summed E-state index contributed by atoms with van der Waals surface area (Å²) in [5.41, 5.74) is 1.64. The molecular weight excluding hydrogens is 300 g/mol. The van der Waals surface area contributed by atoms with Gasteiger partial charge in [0.25, 0.3) is 0 Å². The summed E-state index contributed by atoms with van der Waals surface area (Å²) < 4.78 is 0. The van der Waals surface area contributed by atoms with Gasteiger partial charge in [-0.15, -0.1) is 0 Å². The molecule has 134 valence electrons. The number of likely N-dealkylation sites (N-methyl/N-ethyl adjacent to an activating group) is 1. The Morgan fingerprint density at radius 2 is 1.92 bits per heavy atom. The Kier molecular flexibility index (Phi) is 6.81. The van der Waals surface area contributed by atoms with Crippen LogP contribution in [0.25, 0.3) is 0 Å². The van der Waals surface area contributed by atoms with E-state index in [0.717, 1.165) is 50.8 Å². The van der Waals surface area contributed by atoms with Gasteiger partial charge in [-0.1, -0.05) is 38.8 Å². The van der Waals surface area contributed by atoms with Crippen LogP contribution in [0, 0.1) is 0 Å². The first-order chi connectivity index (χ1) is 11.4. The molecule has 0 saturated heterocycles. The lowest BCUT2D eigenvalue weighted by atomic mass is 9.98. The highest BCUT2D eigenvalue weighted by Gasteiger charge is 2.30. The second kappa shape index (κ2) is 8.63. The monoisotopic (exact) mass is 332 g/mol. The number of carbonyl (C=O) groups is 1. The predicted octanol–water partition coefficient (Wildman–Crippen LogP) is 3.77. The SMILES string of the molecule is CCC(C)c1ccc(NC(=O)CN(C)CCC2(O)CCCC2)cc1. The molecule has 0 bridgehead atoms. The number of rotatable bonds is 8. The summed E-state index contributed by atoms with van der Waals surface area (Å²) in [6.45, 7) is 5.49. The quantitative estimate of drug-likeness (QED) is 0.762. The number of nitrogens with zero attached hydrogens (tertiary/aromatic N) is 1. The molecule has 0 radical (unpaired) electrons. The van der Waals surface area contributed by atoms with Crippen molar-refractivity contribution in [2.45, 2.75) is 63.9 Å². The molecule has 1 fully saturated rings. The number of hydrogen-bond donors (Lipinski definition) is 2. The predicted molar refractivity (Wildman–Crippen MR) is 99.3 cm³/mol. The summed E-state index contributed by atoms with van der Waals surface area (Å²) in [5, 5.41) is 13.3.